The van der Waals surface area contributed by atoms with Crippen LogP contribution in [0.25, 0.3) is 33.2 Å². The lowest BCUT2D eigenvalue weighted by Crippen LogP contribution is -2.36. The van der Waals surface area contributed by atoms with Crippen LogP contribution in [0, 0.1) is 5.92 Å². The Kier molecular flexibility index (Phi) is 6.58. The van der Waals surface area contributed by atoms with Gasteiger partial charge in [-0.05, 0) is 67.4 Å². The van der Waals surface area contributed by atoms with E-state index in [4.69, 9.17) is 0 Å². The number of benzene rings is 3. The molecule has 5 nitrogen and oxygen atoms in total. The predicted molar refractivity (Wildman–Crippen MR) is 133 cm³/mol. The number of hydrogen-bond acceptors (Lipinski definition) is 3. The quantitative estimate of drug-likeness (QED) is 0.429. The van der Waals surface area contributed by atoms with Crippen molar-refractivity contribution in [3.63, 3.8) is 0 Å². The minimum Gasteiger partial charge on any atom is -0.308 e. The van der Waals surface area contributed by atoms with E-state index in [-0.39, 0.29) is 24.2 Å². The third kappa shape index (κ3) is 4.40. The van der Waals surface area contributed by atoms with E-state index in [0.29, 0.717) is 5.82 Å². The minimum absolute atomic E-state index is 0. The monoisotopic (exact) mass is 446 g/mol. The van der Waals surface area contributed by atoms with Crippen molar-refractivity contribution in [2.24, 2.45) is 5.92 Å². The molecule has 2 heterocycles. The predicted octanol–water partition coefficient (Wildman–Crippen LogP) is 5.60. The number of piperidine rings is 1. The first-order chi connectivity index (χ1) is 15.2. The third-order valence-electron chi connectivity index (χ3n) is 6.22. The first-order valence-corrected chi connectivity index (χ1v) is 10.8. The molecule has 0 spiro atoms. The van der Waals surface area contributed by atoms with E-state index in [1.165, 1.54) is 11.1 Å². The fourth-order valence-electron chi connectivity index (χ4n) is 4.37. The van der Waals surface area contributed by atoms with Crippen LogP contribution >= 0.6 is 12.4 Å². The van der Waals surface area contributed by atoms with Crippen molar-refractivity contribution in [1.29, 1.82) is 0 Å². The molecule has 1 aliphatic heterocycles. The fraction of sp³-hybridized carbons (Fsp3) is 0.231. The molecule has 1 fully saturated rings. The average molecular weight is 447 g/mol. The van der Waals surface area contributed by atoms with Gasteiger partial charge in [0.2, 0.25) is 5.91 Å². The lowest BCUT2D eigenvalue weighted by atomic mass is 9.94. The van der Waals surface area contributed by atoms with Crippen molar-refractivity contribution < 1.29 is 4.79 Å². The molecule has 0 saturated carbocycles. The Bertz CT molecular complexity index is 1210. The zero-order valence-corrected chi connectivity index (χ0v) is 18.9. The molecule has 3 aromatic carbocycles. The standard InChI is InChI=1S/C26H26N4O.ClH/c1-30-15-13-19(14-16-30)26(31)27-25-23-17-20(11-12-24(23)28-29-25)22-10-6-5-9-21(22)18-7-3-2-4-8-18;/h2-12,17,19H,13-16H2,1H3,(H2,27,28,29,31);1H. The molecule has 1 saturated heterocycles. The van der Waals surface area contributed by atoms with Crippen LogP contribution in [-0.2, 0) is 4.79 Å². The molecule has 2 N–H and O–H groups in total. The Balaban J connectivity index is 0.00000245. The molecule has 1 amide bonds. The topological polar surface area (TPSA) is 61.0 Å². The summed E-state index contributed by atoms with van der Waals surface area (Å²) in [5, 5.41) is 11.5. The molecule has 32 heavy (non-hydrogen) atoms. The molecule has 164 valence electrons. The molecule has 0 unspecified atom stereocenters. The molecule has 5 rings (SSSR count). The Morgan fingerprint density at radius 1 is 0.938 bits per heavy atom. The van der Waals surface area contributed by atoms with Gasteiger partial charge >= 0.3 is 0 Å². The molecular weight excluding hydrogens is 420 g/mol. The van der Waals surface area contributed by atoms with E-state index in [1.54, 1.807) is 0 Å². The van der Waals surface area contributed by atoms with Crippen molar-refractivity contribution in [2.75, 3.05) is 25.5 Å². The van der Waals surface area contributed by atoms with Gasteiger partial charge in [-0.25, -0.2) is 0 Å². The van der Waals surface area contributed by atoms with Crippen molar-refractivity contribution in [2.45, 2.75) is 12.8 Å². The summed E-state index contributed by atoms with van der Waals surface area (Å²) in [7, 11) is 2.10. The van der Waals surface area contributed by atoms with Crippen LogP contribution in [0.5, 0.6) is 0 Å². The highest BCUT2D eigenvalue weighted by Gasteiger charge is 2.24. The molecular formula is C26H27ClN4O. The van der Waals surface area contributed by atoms with Crippen LogP contribution in [0.4, 0.5) is 5.82 Å². The first-order valence-electron chi connectivity index (χ1n) is 10.8. The maximum Gasteiger partial charge on any atom is 0.228 e. The fourth-order valence-corrected chi connectivity index (χ4v) is 4.37. The number of aromatic nitrogens is 2. The zero-order chi connectivity index (χ0) is 21.2. The second-order valence-corrected chi connectivity index (χ2v) is 8.31. The van der Waals surface area contributed by atoms with Gasteiger partial charge in [0.25, 0.3) is 0 Å². The number of rotatable bonds is 4. The second-order valence-electron chi connectivity index (χ2n) is 8.31. The molecule has 6 heteroatoms. The molecule has 1 aromatic heterocycles. The van der Waals surface area contributed by atoms with Gasteiger partial charge in [0.15, 0.2) is 5.82 Å². The van der Waals surface area contributed by atoms with E-state index in [1.807, 2.05) is 12.1 Å². The van der Waals surface area contributed by atoms with E-state index in [9.17, 15) is 4.79 Å². The number of carbonyl (C=O) groups is 1. The summed E-state index contributed by atoms with van der Waals surface area (Å²) in [5.41, 5.74) is 5.54. The highest BCUT2D eigenvalue weighted by atomic mass is 35.5. The maximum atomic E-state index is 12.8. The Morgan fingerprint density at radius 3 is 2.31 bits per heavy atom. The van der Waals surface area contributed by atoms with Crippen molar-refractivity contribution in [3.05, 3.63) is 72.8 Å². The van der Waals surface area contributed by atoms with Crippen LogP contribution in [0.1, 0.15) is 12.8 Å². The Hall–Kier alpha value is -3.15. The summed E-state index contributed by atoms with van der Waals surface area (Å²) in [6.07, 6.45) is 1.78. The number of H-pyrrole nitrogens is 1. The second kappa shape index (κ2) is 9.55. The van der Waals surface area contributed by atoms with E-state index in [0.717, 1.165) is 48.0 Å². The molecule has 0 atom stereocenters. The van der Waals surface area contributed by atoms with Crippen LogP contribution in [0.3, 0.4) is 0 Å². The van der Waals surface area contributed by atoms with Gasteiger partial charge in [0.05, 0.1) is 5.52 Å². The number of hydrogen-bond donors (Lipinski definition) is 2. The summed E-state index contributed by atoms with van der Waals surface area (Å²) in [5.74, 6) is 0.722. The summed E-state index contributed by atoms with van der Waals surface area (Å²) in [4.78, 5) is 15.1. The smallest absolute Gasteiger partial charge is 0.228 e. The van der Waals surface area contributed by atoms with Crippen LogP contribution in [-0.4, -0.2) is 41.1 Å². The number of fused-ring (bicyclic) bond motifs is 1. The minimum atomic E-state index is 0. The highest BCUT2D eigenvalue weighted by molar-refractivity contribution is 6.02. The maximum absolute atomic E-state index is 12.8. The first kappa shape index (κ1) is 22.1. The van der Waals surface area contributed by atoms with Crippen molar-refractivity contribution >= 4 is 35.0 Å². The number of anilines is 1. The molecule has 1 aliphatic rings. The number of nitrogens with one attached hydrogen (secondary N) is 2. The lowest BCUT2D eigenvalue weighted by Gasteiger charge is -2.27. The van der Waals surface area contributed by atoms with Gasteiger partial charge in [0.1, 0.15) is 0 Å². The lowest BCUT2D eigenvalue weighted by molar-refractivity contribution is -0.121. The van der Waals surface area contributed by atoms with Crippen molar-refractivity contribution in [1.82, 2.24) is 15.1 Å². The van der Waals surface area contributed by atoms with Gasteiger partial charge in [-0.15, -0.1) is 12.4 Å². The number of aromatic amines is 1. The van der Waals surface area contributed by atoms with Gasteiger partial charge in [-0.1, -0.05) is 60.7 Å². The number of halogens is 1. The number of likely N-dealkylation sites (tertiary alicyclic amines) is 1. The van der Waals surface area contributed by atoms with Crippen molar-refractivity contribution in [3.8, 4) is 22.3 Å². The molecule has 0 aliphatic carbocycles. The zero-order valence-electron chi connectivity index (χ0n) is 18.0. The largest absolute Gasteiger partial charge is 0.308 e. The number of carbonyl (C=O) groups excluding carboxylic acids is 1. The van der Waals surface area contributed by atoms with E-state index >= 15 is 0 Å². The van der Waals surface area contributed by atoms with Gasteiger partial charge < -0.3 is 10.2 Å². The van der Waals surface area contributed by atoms with Crippen LogP contribution in [0.15, 0.2) is 72.8 Å². The van der Waals surface area contributed by atoms with Gasteiger partial charge in [-0.2, -0.15) is 5.10 Å². The Labute approximate surface area is 194 Å². The molecule has 4 aromatic rings. The van der Waals surface area contributed by atoms with Crippen LogP contribution in [0.2, 0.25) is 0 Å². The number of amides is 1. The van der Waals surface area contributed by atoms with Crippen LogP contribution < -0.4 is 5.32 Å². The van der Waals surface area contributed by atoms with Gasteiger partial charge in [0, 0.05) is 11.3 Å². The van der Waals surface area contributed by atoms with E-state index < -0.39 is 0 Å². The van der Waals surface area contributed by atoms with Gasteiger partial charge in [-0.3, -0.25) is 9.89 Å². The van der Waals surface area contributed by atoms with E-state index in [2.05, 4.69) is 88.1 Å². The number of nitrogens with zero attached hydrogens (tertiary/aromatic N) is 2. The third-order valence-corrected chi connectivity index (χ3v) is 6.22. The summed E-state index contributed by atoms with van der Waals surface area (Å²) in [6, 6.07) is 25.1. The SMILES string of the molecule is CN1CCC(C(=O)Nc2n[nH]c3ccc(-c4ccccc4-c4ccccc4)cc23)CC1.Cl. The highest BCUT2D eigenvalue weighted by Crippen LogP contribution is 2.34. The normalized spacial score (nSPS) is 14.8. The summed E-state index contributed by atoms with van der Waals surface area (Å²) < 4.78 is 0. The summed E-state index contributed by atoms with van der Waals surface area (Å²) in [6.45, 7) is 1.92. The Morgan fingerprint density at radius 2 is 1.59 bits per heavy atom. The molecule has 0 bridgehead atoms. The summed E-state index contributed by atoms with van der Waals surface area (Å²) >= 11 is 0. The molecule has 0 radical (unpaired) electrons. The average Bonchev–Trinajstić information content (AvgIpc) is 3.22.